The van der Waals surface area contributed by atoms with E-state index in [1.807, 2.05) is 0 Å². The minimum atomic E-state index is -1.09. The Morgan fingerprint density at radius 2 is 1.35 bits per heavy atom. The zero-order valence-electron chi connectivity index (χ0n) is 8.76. The Hall–Kier alpha value is -2.18. The summed E-state index contributed by atoms with van der Waals surface area (Å²) >= 11 is 0. The van der Waals surface area contributed by atoms with Gasteiger partial charge in [0.15, 0.2) is 11.5 Å². The molecule has 0 spiro atoms. The minimum absolute atomic E-state index is 0.0865. The third-order valence-electron chi connectivity index (χ3n) is 2.16. The highest BCUT2D eigenvalue weighted by Crippen LogP contribution is 2.40. The summed E-state index contributed by atoms with van der Waals surface area (Å²) in [5.41, 5.74) is 0. The van der Waals surface area contributed by atoms with E-state index in [1.165, 1.54) is 0 Å². The summed E-state index contributed by atoms with van der Waals surface area (Å²) in [5.74, 6) is -1.59. The zero-order valence-corrected chi connectivity index (χ0v) is 8.76. The maximum atomic E-state index is 10.6. The molecule has 0 radical (unpaired) electrons. The molecule has 0 fully saturated rings. The molecule has 0 aliphatic carbocycles. The molecule has 2 heterocycles. The van der Waals surface area contributed by atoms with Crippen molar-refractivity contribution < 1.29 is 33.7 Å². The average molecular weight is 242 g/mol. The van der Waals surface area contributed by atoms with Gasteiger partial charge in [-0.25, -0.2) is 0 Å². The van der Waals surface area contributed by atoms with E-state index < -0.39 is 11.9 Å². The zero-order chi connectivity index (χ0) is 12.4. The normalized spacial score (nSPS) is 13.4. The van der Waals surface area contributed by atoms with Gasteiger partial charge < -0.3 is 24.1 Å². The summed E-state index contributed by atoms with van der Waals surface area (Å²) in [4.78, 5) is 21.2. The highest BCUT2D eigenvalue weighted by Gasteiger charge is 2.28. The third kappa shape index (κ3) is 2.32. The minimum Gasteiger partial charge on any atom is -0.483 e. The molecule has 7 nitrogen and oxygen atoms in total. The first-order valence-electron chi connectivity index (χ1n) is 4.91. The van der Waals surface area contributed by atoms with Gasteiger partial charge in [-0.15, -0.1) is 0 Å². The lowest BCUT2D eigenvalue weighted by Crippen LogP contribution is -2.16. The van der Waals surface area contributed by atoms with Crippen LogP contribution in [0.4, 0.5) is 0 Å². The standard InChI is InChI=1S/C10H10O7/c11-7(12)3-5-9-10(16-2-1-15-9)6(17-5)4-8(13)14/h1-4H2,(H,11,12)(H,13,14). The van der Waals surface area contributed by atoms with Gasteiger partial charge in [-0.3, -0.25) is 9.59 Å². The first kappa shape index (κ1) is 11.3. The number of furan rings is 1. The lowest BCUT2D eigenvalue weighted by Gasteiger charge is -2.15. The van der Waals surface area contributed by atoms with Gasteiger partial charge in [0, 0.05) is 0 Å². The van der Waals surface area contributed by atoms with Crippen molar-refractivity contribution in [3.8, 4) is 11.5 Å². The SMILES string of the molecule is O=C(O)Cc1oc(CC(=O)O)c2c1OCCO2. The van der Waals surface area contributed by atoms with Crippen LogP contribution < -0.4 is 9.47 Å². The van der Waals surface area contributed by atoms with Gasteiger partial charge in [0.2, 0.25) is 11.5 Å². The fourth-order valence-electron chi connectivity index (χ4n) is 1.58. The van der Waals surface area contributed by atoms with Crippen LogP contribution in [0, 0.1) is 0 Å². The van der Waals surface area contributed by atoms with Crippen LogP contribution in [-0.4, -0.2) is 35.4 Å². The van der Waals surface area contributed by atoms with Crippen molar-refractivity contribution in [2.75, 3.05) is 13.2 Å². The molecule has 0 unspecified atom stereocenters. The quantitative estimate of drug-likeness (QED) is 0.782. The number of rotatable bonds is 4. The van der Waals surface area contributed by atoms with E-state index in [0.29, 0.717) is 0 Å². The Balaban J connectivity index is 2.36. The van der Waals surface area contributed by atoms with Crippen LogP contribution >= 0.6 is 0 Å². The van der Waals surface area contributed by atoms with Crippen LogP contribution in [-0.2, 0) is 22.4 Å². The molecule has 0 atom stereocenters. The lowest BCUT2D eigenvalue weighted by molar-refractivity contribution is -0.137. The Morgan fingerprint density at radius 1 is 0.941 bits per heavy atom. The van der Waals surface area contributed by atoms with Gasteiger partial charge in [0.25, 0.3) is 0 Å². The number of carboxylic acid groups (broad SMARTS) is 2. The van der Waals surface area contributed by atoms with Crippen LogP contribution in [0.2, 0.25) is 0 Å². The fourth-order valence-corrected chi connectivity index (χ4v) is 1.58. The summed E-state index contributed by atoms with van der Waals surface area (Å²) in [6.45, 7) is 0.567. The van der Waals surface area contributed by atoms with Crippen molar-refractivity contribution in [3.05, 3.63) is 11.5 Å². The van der Waals surface area contributed by atoms with E-state index in [0.717, 1.165) is 0 Å². The average Bonchev–Trinajstić information content (AvgIpc) is 2.56. The number of hydrogen-bond donors (Lipinski definition) is 2. The van der Waals surface area contributed by atoms with Crippen LogP contribution in [0.1, 0.15) is 11.5 Å². The van der Waals surface area contributed by atoms with E-state index >= 15 is 0 Å². The maximum absolute atomic E-state index is 10.6. The largest absolute Gasteiger partial charge is 0.483 e. The molecule has 2 rings (SSSR count). The summed E-state index contributed by atoms with van der Waals surface area (Å²) in [6, 6.07) is 0. The molecule has 92 valence electrons. The molecule has 0 amide bonds. The van der Waals surface area contributed by atoms with Gasteiger partial charge >= 0.3 is 11.9 Å². The summed E-state index contributed by atoms with van der Waals surface area (Å²) in [6.07, 6.45) is -0.739. The third-order valence-corrected chi connectivity index (χ3v) is 2.16. The molecule has 0 saturated heterocycles. The molecule has 1 aromatic heterocycles. The van der Waals surface area contributed by atoms with E-state index in [1.54, 1.807) is 0 Å². The monoisotopic (exact) mass is 242 g/mol. The number of carboxylic acids is 2. The summed E-state index contributed by atoms with van der Waals surface area (Å²) in [7, 11) is 0. The lowest BCUT2D eigenvalue weighted by atomic mass is 10.2. The van der Waals surface area contributed by atoms with Crippen LogP contribution in [0.5, 0.6) is 11.5 Å². The fraction of sp³-hybridized carbons (Fsp3) is 0.400. The van der Waals surface area contributed by atoms with E-state index in [4.69, 9.17) is 24.1 Å². The van der Waals surface area contributed by atoms with Gasteiger partial charge in [0.1, 0.15) is 26.1 Å². The van der Waals surface area contributed by atoms with E-state index in [-0.39, 0.29) is 49.1 Å². The maximum Gasteiger partial charge on any atom is 0.311 e. The molecular weight excluding hydrogens is 232 g/mol. The first-order valence-corrected chi connectivity index (χ1v) is 4.91. The number of aliphatic carboxylic acids is 2. The van der Waals surface area contributed by atoms with Crippen LogP contribution in [0.15, 0.2) is 4.42 Å². The number of fused-ring (bicyclic) bond motifs is 1. The van der Waals surface area contributed by atoms with E-state index in [9.17, 15) is 9.59 Å². The van der Waals surface area contributed by atoms with Crippen molar-refractivity contribution in [2.45, 2.75) is 12.8 Å². The highest BCUT2D eigenvalue weighted by atomic mass is 16.6. The molecule has 17 heavy (non-hydrogen) atoms. The molecule has 1 aromatic rings. The van der Waals surface area contributed by atoms with Crippen molar-refractivity contribution >= 4 is 11.9 Å². The predicted octanol–water partition coefficient (Wildman–Crippen LogP) is 0.305. The molecule has 0 aromatic carbocycles. The molecule has 2 N–H and O–H groups in total. The number of ether oxygens (including phenoxy) is 2. The molecule has 1 aliphatic heterocycles. The second-order valence-electron chi connectivity index (χ2n) is 3.44. The van der Waals surface area contributed by atoms with Crippen LogP contribution in [0.25, 0.3) is 0 Å². The molecule has 0 saturated carbocycles. The van der Waals surface area contributed by atoms with Gasteiger partial charge in [-0.2, -0.15) is 0 Å². The van der Waals surface area contributed by atoms with Crippen molar-refractivity contribution in [2.24, 2.45) is 0 Å². The van der Waals surface area contributed by atoms with E-state index in [2.05, 4.69) is 0 Å². The topological polar surface area (TPSA) is 106 Å². The van der Waals surface area contributed by atoms with Crippen molar-refractivity contribution in [3.63, 3.8) is 0 Å². The Kier molecular flexibility index (Phi) is 2.90. The molecule has 1 aliphatic rings. The van der Waals surface area contributed by atoms with Gasteiger partial charge in [-0.1, -0.05) is 0 Å². The molecule has 7 heteroatoms. The molecular formula is C10H10O7. The predicted molar refractivity (Wildman–Crippen MR) is 52.4 cm³/mol. The Labute approximate surface area is 95.5 Å². The number of hydrogen-bond acceptors (Lipinski definition) is 5. The number of carbonyl (C=O) groups is 2. The Morgan fingerprint density at radius 3 is 1.71 bits per heavy atom. The van der Waals surface area contributed by atoms with Gasteiger partial charge in [0.05, 0.1) is 0 Å². The van der Waals surface area contributed by atoms with Crippen LogP contribution in [0.3, 0.4) is 0 Å². The van der Waals surface area contributed by atoms with Crippen molar-refractivity contribution in [1.29, 1.82) is 0 Å². The Bertz CT molecular complexity index is 419. The summed E-state index contributed by atoms with van der Waals surface area (Å²) < 4.78 is 15.7. The van der Waals surface area contributed by atoms with Gasteiger partial charge in [-0.05, 0) is 0 Å². The second kappa shape index (κ2) is 4.36. The van der Waals surface area contributed by atoms with Crippen molar-refractivity contribution in [1.82, 2.24) is 0 Å². The smallest absolute Gasteiger partial charge is 0.311 e. The highest BCUT2D eigenvalue weighted by molar-refractivity contribution is 5.73. The first-order chi connectivity index (χ1) is 8.08. The molecule has 0 bridgehead atoms. The summed E-state index contributed by atoms with van der Waals surface area (Å²) in [5, 5.41) is 17.4. The second-order valence-corrected chi connectivity index (χ2v) is 3.44.